The van der Waals surface area contributed by atoms with Gasteiger partial charge in [-0.05, 0) is 44.0 Å². The molecule has 2 aliphatic rings. The molecule has 2 heterocycles. The lowest BCUT2D eigenvalue weighted by molar-refractivity contribution is -0.119. The van der Waals surface area contributed by atoms with Crippen LogP contribution in [0.5, 0.6) is 0 Å². The number of carbonyl (C=O) groups is 1. The monoisotopic (exact) mass is 230 g/mol. The fourth-order valence-corrected chi connectivity index (χ4v) is 2.92. The normalized spacial score (nSPS) is 21.4. The highest BCUT2D eigenvalue weighted by molar-refractivity contribution is 5.97. The third-order valence-corrected chi connectivity index (χ3v) is 3.80. The summed E-state index contributed by atoms with van der Waals surface area (Å²) in [5.41, 5.74) is 2.47. The number of benzene rings is 1. The van der Waals surface area contributed by atoms with Crippen molar-refractivity contribution in [2.45, 2.75) is 31.7 Å². The molecule has 3 rings (SSSR count). The lowest BCUT2D eigenvalue weighted by atomic mass is 9.96. The van der Waals surface area contributed by atoms with Crippen LogP contribution in [0.2, 0.25) is 0 Å². The average Bonchev–Trinajstić information content (AvgIpc) is 2.39. The molecule has 0 radical (unpaired) electrons. The van der Waals surface area contributed by atoms with E-state index in [4.69, 9.17) is 0 Å². The Bertz CT molecular complexity index is 424. The Morgan fingerprint density at radius 1 is 1.12 bits per heavy atom. The van der Waals surface area contributed by atoms with Gasteiger partial charge in [0, 0.05) is 18.2 Å². The summed E-state index contributed by atoms with van der Waals surface area (Å²) >= 11 is 0. The van der Waals surface area contributed by atoms with E-state index in [0.29, 0.717) is 18.4 Å². The minimum absolute atomic E-state index is 0.301. The Balaban J connectivity index is 1.94. The van der Waals surface area contributed by atoms with Gasteiger partial charge in [0.2, 0.25) is 5.91 Å². The zero-order valence-corrected chi connectivity index (χ0v) is 9.98. The number of hydrogen-bond donors (Lipinski definition) is 1. The van der Waals surface area contributed by atoms with Gasteiger partial charge in [0.25, 0.3) is 0 Å². The molecule has 2 aliphatic heterocycles. The molecule has 17 heavy (non-hydrogen) atoms. The highest BCUT2D eigenvalue weighted by Gasteiger charge is 2.30. The topological polar surface area (TPSA) is 32.3 Å². The first-order valence-electron chi connectivity index (χ1n) is 6.47. The Hall–Kier alpha value is -1.35. The second-order valence-electron chi connectivity index (χ2n) is 4.87. The molecule has 1 saturated heterocycles. The molecule has 3 heteroatoms. The average molecular weight is 230 g/mol. The van der Waals surface area contributed by atoms with Crippen LogP contribution in [0.25, 0.3) is 0 Å². The van der Waals surface area contributed by atoms with Crippen LogP contribution < -0.4 is 10.2 Å². The quantitative estimate of drug-likeness (QED) is 0.796. The second kappa shape index (κ2) is 4.49. The summed E-state index contributed by atoms with van der Waals surface area (Å²) in [4.78, 5) is 14.2. The fraction of sp³-hybridized carbons (Fsp3) is 0.500. The van der Waals surface area contributed by atoms with E-state index in [0.717, 1.165) is 38.0 Å². The van der Waals surface area contributed by atoms with Crippen LogP contribution in [0.4, 0.5) is 5.69 Å². The molecule has 1 amide bonds. The molecule has 0 spiro atoms. The largest absolute Gasteiger partial charge is 0.317 e. The van der Waals surface area contributed by atoms with Crippen molar-refractivity contribution in [2.75, 3.05) is 18.0 Å². The van der Waals surface area contributed by atoms with Crippen LogP contribution in [-0.2, 0) is 11.2 Å². The molecule has 0 atom stereocenters. The molecule has 90 valence electrons. The highest BCUT2D eigenvalue weighted by Crippen LogP contribution is 2.31. The van der Waals surface area contributed by atoms with E-state index in [2.05, 4.69) is 28.4 Å². The van der Waals surface area contributed by atoms with E-state index in [1.807, 2.05) is 6.07 Å². The lowest BCUT2D eigenvalue weighted by Crippen LogP contribution is -2.48. The molecular weight excluding hydrogens is 212 g/mol. The van der Waals surface area contributed by atoms with Crippen molar-refractivity contribution in [1.82, 2.24) is 5.32 Å². The summed E-state index contributed by atoms with van der Waals surface area (Å²) in [5, 5.41) is 3.35. The third-order valence-electron chi connectivity index (χ3n) is 3.80. The minimum Gasteiger partial charge on any atom is -0.317 e. The van der Waals surface area contributed by atoms with E-state index in [1.165, 1.54) is 5.56 Å². The van der Waals surface area contributed by atoms with Gasteiger partial charge in [-0.15, -0.1) is 0 Å². The molecule has 1 fully saturated rings. The maximum absolute atomic E-state index is 12.2. The number of para-hydroxylation sites is 1. The molecule has 0 bridgehead atoms. The number of aryl methyl sites for hydroxylation is 1. The molecule has 1 N–H and O–H groups in total. The summed E-state index contributed by atoms with van der Waals surface area (Å²) < 4.78 is 0. The lowest BCUT2D eigenvalue weighted by Gasteiger charge is -2.38. The Kier molecular flexibility index (Phi) is 2.85. The number of nitrogens with zero attached hydrogens (tertiary/aromatic N) is 1. The molecule has 0 saturated carbocycles. The number of hydrogen-bond acceptors (Lipinski definition) is 2. The molecule has 0 aromatic heterocycles. The summed E-state index contributed by atoms with van der Waals surface area (Å²) in [7, 11) is 0. The van der Waals surface area contributed by atoms with Crippen molar-refractivity contribution >= 4 is 11.6 Å². The van der Waals surface area contributed by atoms with E-state index in [-0.39, 0.29) is 0 Å². The van der Waals surface area contributed by atoms with Crippen LogP contribution in [0.1, 0.15) is 24.8 Å². The van der Waals surface area contributed by atoms with Gasteiger partial charge in [0.1, 0.15) is 0 Å². The van der Waals surface area contributed by atoms with Crippen LogP contribution in [0.3, 0.4) is 0 Å². The molecule has 0 aliphatic carbocycles. The SMILES string of the molecule is O=C1CCc2ccccc2N1C1CCNCC1. The van der Waals surface area contributed by atoms with Crippen LogP contribution in [0.15, 0.2) is 24.3 Å². The van der Waals surface area contributed by atoms with Crippen molar-refractivity contribution in [3.8, 4) is 0 Å². The van der Waals surface area contributed by atoms with Crippen molar-refractivity contribution in [2.24, 2.45) is 0 Å². The number of nitrogens with one attached hydrogen (secondary N) is 1. The van der Waals surface area contributed by atoms with Crippen LogP contribution in [-0.4, -0.2) is 25.0 Å². The maximum atomic E-state index is 12.2. The number of anilines is 1. The predicted molar refractivity (Wildman–Crippen MR) is 68.1 cm³/mol. The zero-order chi connectivity index (χ0) is 11.7. The van der Waals surface area contributed by atoms with E-state index in [1.54, 1.807) is 0 Å². The van der Waals surface area contributed by atoms with Gasteiger partial charge in [0.05, 0.1) is 0 Å². The van der Waals surface area contributed by atoms with Crippen molar-refractivity contribution in [3.05, 3.63) is 29.8 Å². The van der Waals surface area contributed by atoms with Gasteiger partial charge in [-0.2, -0.15) is 0 Å². The number of rotatable bonds is 1. The minimum atomic E-state index is 0.301. The summed E-state index contributed by atoms with van der Waals surface area (Å²) in [6.45, 7) is 2.05. The van der Waals surface area contributed by atoms with Crippen LogP contribution >= 0.6 is 0 Å². The number of carbonyl (C=O) groups excluding carboxylic acids is 1. The first kappa shape index (κ1) is 10.8. The smallest absolute Gasteiger partial charge is 0.227 e. The number of amides is 1. The van der Waals surface area contributed by atoms with Gasteiger partial charge >= 0.3 is 0 Å². The van der Waals surface area contributed by atoms with Gasteiger partial charge in [-0.1, -0.05) is 18.2 Å². The number of piperidine rings is 1. The molecule has 1 aromatic carbocycles. The molecular formula is C14H18N2O. The Morgan fingerprint density at radius 3 is 2.71 bits per heavy atom. The maximum Gasteiger partial charge on any atom is 0.227 e. The summed E-state index contributed by atoms with van der Waals surface area (Å²) in [6, 6.07) is 8.73. The summed E-state index contributed by atoms with van der Waals surface area (Å²) in [6.07, 6.45) is 3.71. The van der Waals surface area contributed by atoms with Gasteiger partial charge in [0.15, 0.2) is 0 Å². The van der Waals surface area contributed by atoms with Crippen molar-refractivity contribution in [3.63, 3.8) is 0 Å². The second-order valence-corrected chi connectivity index (χ2v) is 4.87. The van der Waals surface area contributed by atoms with Crippen LogP contribution in [0, 0.1) is 0 Å². The standard InChI is InChI=1S/C14H18N2O/c17-14-6-5-11-3-1-2-4-13(11)16(14)12-7-9-15-10-8-12/h1-4,12,15H,5-10H2. The van der Waals surface area contributed by atoms with Crippen molar-refractivity contribution < 1.29 is 4.79 Å². The third kappa shape index (κ3) is 1.95. The van der Waals surface area contributed by atoms with Crippen molar-refractivity contribution in [1.29, 1.82) is 0 Å². The fourth-order valence-electron chi connectivity index (χ4n) is 2.92. The van der Waals surface area contributed by atoms with Gasteiger partial charge < -0.3 is 10.2 Å². The zero-order valence-electron chi connectivity index (χ0n) is 9.98. The van der Waals surface area contributed by atoms with E-state index in [9.17, 15) is 4.79 Å². The molecule has 3 nitrogen and oxygen atoms in total. The van der Waals surface area contributed by atoms with E-state index >= 15 is 0 Å². The predicted octanol–water partition coefficient (Wildman–Crippen LogP) is 1.72. The highest BCUT2D eigenvalue weighted by atomic mass is 16.2. The molecule has 1 aromatic rings. The first-order valence-corrected chi connectivity index (χ1v) is 6.47. The first-order chi connectivity index (χ1) is 8.36. The van der Waals surface area contributed by atoms with Gasteiger partial charge in [-0.25, -0.2) is 0 Å². The van der Waals surface area contributed by atoms with E-state index < -0.39 is 0 Å². The Morgan fingerprint density at radius 2 is 1.88 bits per heavy atom. The number of fused-ring (bicyclic) bond motifs is 1. The van der Waals surface area contributed by atoms with Gasteiger partial charge in [-0.3, -0.25) is 4.79 Å². The Labute approximate surface area is 102 Å². The molecule has 0 unspecified atom stereocenters. The summed E-state index contributed by atoms with van der Waals surface area (Å²) in [5.74, 6) is 0.301.